The highest BCUT2D eigenvalue weighted by Crippen LogP contribution is 2.36. The molecule has 2 aromatic heterocycles. The van der Waals surface area contributed by atoms with E-state index in [1.54, 1.807) is 48.9 Å². The van der Waals surface area contributed by atoms with Crippen LogP contribution in [0.15, 0.2) is 67.1 Å². The second kappa shape index (κ2) is 7.26. The third-order valence-electron chi connectivity index (χ3n) is 4.13. The number of amides is 1. The zero-order valence-corrected chi connectivity index (χ0v) is 14.1. The molecule has 1 N–H and O–H groups in total. The first-order chi connectivity index (χ1) is 13.2. The van der Waals surface area contributed by atoms with Crippen LogP contribution in [-0.4, -0.2) is 16.1 Å². The molecule has 0 bridgehead atoms. The fraction of sp³-hybridized carbons (Fsp3) is 0.0952. The molecule has 0 spiro atoms. The summed E-state index contributed by atoms with van der Waals surface area (Å²) in [5, 5.41) is 2.81. The molecule has 132 valence electrons. The Hall–Kier alpha value is -3.72. The molecule has 1 amide bonds. The molecule has 6 heteroatoms. The standard InChI is InChI=1S/C21H14FN3O2/c22-17-5-1-3-14(11-17)6-7-18-12-15(8-10-24-18)19-20(27-21(26)25-19)16-4-2-9-23-13-16/h1-5,8-13,19-20H,(H,25,26)/t19-,20-/m1/s1. The summed E-state index contributed by atoms with van der Waals surface area (Å²) >= 11 is 0. The summed E-state index contributed by atoms with van der Waals surface area (Å²) in [6.07, 6.45) is 3.98. The number of halogens is 1. The minimum Gasteiger partial charge on any atom is -0.439 e. The third-order valence-corrected chi connectivity index (χ3v) is 4.13. The van der Waals surface area contributed by atoms with Gasteiger partial charge in [-0.05, 0) is 47.9 Å². The molecule has 1 aliphatic rings. The van der Waals surface area contributed by atoms with Crippen molar-refractivity contribution >= 4 is 6.09 Å². The van der Waals surface area contributed by atoms with Gasteiger partial charge >= 0.3 is 6.09 Å². The average molecular weight is 359 g/mol. The summed E-state index contributed by atoms with van der Waals surface area (Å²) in [5.41, 5.74) is 2.69. The van der Waals surface area contributed by atoms with Crippen molar-refractivity contribution < 1.29 is 13.9 Å². The summed E-state index contributed by atoms with van der Waals surface area (Å²) in [4.78, 5) is 20.1. The van der Waals surface area contributed by atoms with Crippen molar-refractivity contribution in [2.75, 3.05) is 0 Å². The van der Waals surface area contributed by atoms with Crippen LogP contribution < -0.4 is 5.32 Å². The number of ether oxygens (including phenoxy) is 1. The number of nitrogens with one attached hydrogen (secondary N) is 1. The summed E-state index contributed by atoms with van der Waals surface area (Å²) < 4.78 is 18.7. The van der Waals surface area contributed by atoms with Crippen LogP contribution in [0.1, 0.15) is 34.5 Å². The highest BCUT2D eigenvalue weighted by molar-refractivity contribution is 5.71. The average Bonchev–Trinajstić information content (AvgIpc) is 3.09. The summed E-state index contributed by atoms with van der Waals surface area (Å²) in [6.45, 7) is 0. The summed E-state index contributed by atoms with van der Waals surface area (Å²) in [5.74, 6) is 5.48. The maximum atomic E-state index is 13.3. The number of rotatable bonds is 2. The van der Waals surface area contributed by atoms with Crippen LogP contribution in [0.2, 0.25) is 0 Å². The van der Waals surface area contributed by atoms with E-state index in [9.17, 15) is 9.18 Å². The number of carbonyl (C=O) groups excluding carboxylic acids is 1. The van der Waals surface area contributed by atoms with Gasteiger partial charge in [-0.25, -0.2) is 14.2 Å². The SMILES string of the molecule is O=C1N[C@H](c2ccnc(C#Cc3cccc(F)c3)c2)[C@@H](c2cccnc2)O1. The van der Waals surface area contributed by atoms with E-state index >= 15 is 0 Å². The molecule has 3 aromatic rings. The largest absolute Gasteiger partial charge is 0.439 e. The van der Waals surface area contributed by atoms with Gasteiger partial charge in [0, 0.05) is 29.7 Å². The Morgan fingerprint density at radius 2 is 1.96 bits per heavy atom. The molecule has 3 heterocycles. The topological polar surface area (TPSA) is 64.1 Å². The number of pyridine rings is 2. The highest BCUT2D eigenvalue weighted by atomic mass is 19.1. The number of hydrogen-bond donors (Lipinski definition) is 1. The molecule has 1 aromatic carbocycles. The molecular formula is C21H14FN3O2. The number of benzene rings is 1. The second-order valence-electron chi connectivity index (χ2n) is 5.97. The van der Waals surface area contributed by atoms with Crippen molar-refractivity contribution in [3.05, 3.63) is 95.3 Å². The van der Waals surface area contributed by atoms with Gasteiger partial charge in [-0.3, -0.25) is 4.98 Å². The van der Waals surface area contributed by atoms with E-state index < -0.39 is 12.2 Å². The van der Waals surface area contributed by atoms with Gasteiger partial charge in [-0.1, -0.05) is 18.1 Å². The number of cyclic esters (lactones) is 1. The molecule has 27 heavy (non-hydrogen) atoms. The van der Waals surface area contributed by atoms with Gasteiger partial charge in [0.15, 0.2) is 6.10 Å². The van der Waals surface area contributed by atoms with Gasteiger partial charge in [0.2, 0.25) is 0 Å². The number of alkyl carbamates (subject to hydrolysis) is 1. The van der Waals surface area contributed by atoms with Gasteiger partial charge < -0.3 is 10.1 Å². The molecule has 0 aliphatic carbocycles. The molecule has 0 radical (unpaired) electrons. The first kappa shape index (κ1) is 16.7. The lowest BCUT2D eigenvalue weighted by molar-refractivity contribution is 0.132. The molecule has 1 fully saturated rings. The van der Waals surface area contributed by atoms with Crippen molar-refractivity contribution in [2.24, 2.45) is 0 Å². The summed E-state index contributed by atoms with van der Waals surface area (Å²) in [6, 6.07) is 12.9. The molecule has 1 saturated heterocycles. The Labute approximate surface area is 155 Å². The van der Waals surface area contributed by atoms with Crippen LogP contribution in [0.3, 0.4) is 0 Å². The zero-order chi connectivity index (χ0) is 18.6. The van der Waals surface area contributed by atoms with Gasteiger partial charge in [0.1, 0.15) is 11.5 Å². The van der Waals surface area contributed by atoms with E-state index in [2.05, 4.69) is 27.1 Å². The molecule has 5 nitrogen and oxygen atoms in total. The quantitative estimate of drug-likeness (QED) is 0.711. The van der Waals surface area contributed by atoms with E-state index in [-0.39, 0.29) is 11.9 Å². The minimum atomic E-state index is -0.488. The molecular weight excluding hydrogens is 345 g/mol. The van der Waals surface area contributed by atoms with Crippen LogP contribution in [0, 0.1) is 17.7 Å². The first-order valence-electron chi connectivity index (χ1n) is 8.30. The molecule has 0 unspecified atom stereocenters. The number of aromatic nitrogens is 2. The van der Waals surface area contributed by atoms with Crippen LogP contribution >= 0.6 is 0 Å². The smallest absolute Gasteiger partial charge is 0.408 e. The lowest BCUT2D eigenvalue weighted by atomic mass is 9.98. The first-order valence-corrected chi connectivity index (χ1v) is 8.30. The predicted octanol–water partition coefficient (Wildman–Crippen LogP) is 3.54. The number of hydrogen-bond acceptors (Lipinski definition) is 4. The van der Waals surface area contributed by atoms with Crippen molar-refractivity contribution in [1.29, 1.82) is 0 Å². The lowest BCUT2D eigenvalue weighted by Crippen LogP contribution is -2.19. The van der Waals surface area contributed by atoms with Crippen LogP contribution in [0.4, 0.5) is 9.18 Å². The van der Waals surface area contributed by atoms with Gasteiger partial charge in [0.05, 0.1) is 6.04 Å². The maximum Gasteiger partial charge on any atom is 0.408 e. The van der Waals surface area contributed by atoms with Gasteiger partial charge in [0.25, 0.3) is 0 Å². The van der Waals surface area contributed by atoms with E-state index in [1.807, 2.05) is 6.07 Å². The zero-order valence-electron chi connectivity index (χ0n) is 14.1. The Bertz CT molecular complexity index is 1040. The Morgan fingerprint density at radius 3 is 2.78 bits per heavy atom. The highest BCUT2D eigenvalue weighted by Gasteiger charge is 2.36. The third kappa shape index (κ3) is 3.77. The monoisotopic (exact) mass is 359 g/mol. The van der Waals surface area contributed by atoms with E-state index in [0.29, 0.717) is 11.3 Å². The molecule has 2 atom stereocenters. The fourth-order valence-electron chi connectivity index (χ4n) is 2.89. The Morgan fingerprint density at radius 1 is 1.04 bits per heavy atom. The molecule has 0 saturated carbocycles. The van der Waals surface area contributed by atoms with E-state index in [1.165, 1.54) is 12.1 Å². The number of nitrogens with zero attached hydrogens (tertiary/aromatic N) is 2. The normalized spacial score (nSPS) is 18.2. The lowest BCUT2D eigenvalue weighted by Gasteiger charge is -2.17. The minimum absolute atomic E-state index is 0.339. The Balaban J connectivity index is 1.63. The second-order valence-corrected chi connectivity index (χ2v) is 5.97. The van der Waals surface area contributed by atoms with E-state index in [0.717, 1.165) is 11.1 Å². The van der Waals surface area contributed by atoms with Crippen molar-refractivity contribution in [3.63, 3.8) is 0 Å². The maximum absolute atomic E-state index is 13.3. The van der Waals surface area contributed by atoms with Gasteiger partial charge in [-0.2, -0.15) is 0 Å². The molecule has 4 rings (SSSR count). The fourth-order valence-corrected chi connectivity index (χ4v) is 2.89. The van der Waals surface area contributed by atoms with Crippen molar-refractivity contribution in [2.45, 2.75) is 12.1 Å². The van der Waals surface area contributed by atoms with Crippen LogP contribution in [-0.2, 0) is 4.74 Å². The van der Waals surface area contributed by atoms with Gasteiger partial charge in [-0.15, -0.1) is 0 Å². The predicted molar refractivity (Wildman–Crippen MR) is 96.0 cm³/mol. The number of carbonyl (C=O) groups is 1. The summed E-state index contributed by atoms with van der Waals surface area (Å²) in [7, 11) is 0. The van der Waals surface area contributed by atoms with E-state index in [4.69, 9.17) is 4.74 Å². The van der Waals surface area contributed by atoms with Crippen molar-refractivity contribution in [3.8, 4) is 11.8 Å². The van der Waals surface area contributed by atoms with Crippen LogP contribution in [0.25, 0.3) is 0 Å². The van der Waals surface area contributed by atoms with Crippen LogP contribution in [0.5, 0.6) is 0 Å². The Kier molecular flexibility index (Phi) is 4.50. The molecule has 1 aliphatic heterocycles. The van der Waals surface area contributed by atoms with Crippen molar-refractivity contribution in [1.82, 2.24) is 15.3 Å².